The Hall–Kier alpha value is -2.66. The molecule has 26 heavy (non-hydrogen) atoms. The van der Waals surface area contributed by atoms with E-state index in [1.807, 2.05) is 26.0 Å². The summed E-state index contributed by atoms with van der Waals surface area (Å²) in [5.74, 6) is -0.130. The third-order valence-electron chi connectivity index (χ3n) is 4.73. The monoisotopic (exact) mass is 368 g/mol. The summed E-state index contributed by atoms with van der Waals surface area (Å²) in [6.07, 6.45) is 4.09. The zero-order chi connectivity index (χ0) is 18.4. The summed E-state index contributed by atoms with van der Waals surface area (Å²) < 4.78 is 5.90. The molecule has 3 heterocycles. The fraction of sp³-hybridized carbons (Fsp3) is 0.250. The molecule has 0 radical (unpaired) electrons. The van der Waals surface area contributed by atoms with E-state index < -0.39 is 6.04 Å². The molecule has 0 spiro atoms. The van der Waals surface area contributed by atoms with Gasteiger partial charge in [-0.1, -0.05) is 18.5 Å². The maximum absolute atomic E-state index is 13.2. The van der Waals surface area contributed by atoms with Gasteiger partial charge in [-0.15, -0.1) is 0 Å². The molecule has 0 aliphatic carbocycles. The van der Waals surface area contributed by atoms with Crippen LogP contribution in [-0.4, -0.2) is 22.3 Å². The third kappa shape index (κ3) is 2.42. The van der Waals surface area contributed by atoms with Crippen LogP contribution in [0.15, 0.2) is 45.9 Å². The lowest BCUT2D eigenvalue weighted by atomic mass is 9.99. The average molecular weight is 369 g/mol. The van der Waals surface area contributed by atoms with Gasteiger partial charge in [-0.2, -0.15) is 0 Å². The van der Waals surface area contributed by atoms with Gasteiger partial charge in [-0.05, 0) is 48.7 Å². The second-order valence-corrected chi connectivity index (χ2v) is 6.86. The fourth-order valence-electron chi connectivity index (χ4n) is 3.50. The van der Waals surface area contributed by atoms with Crippen molar-refractivity contribution in [3.63, 3.8) is 0 Å². The Bertz CT molecular complexity index is 1080. The van der Waals surface area contributed by atoms with Gasteiger partial charge in [0.05, 0.1) is 17.0 Å². The van der Waals surface area contributed by atoms with Gasteiger partial charge >= 0.3 is 0 Å². The Morgan fingerprint density at radius 2 is 1.96 bits per heavy atom. The summed E-state index contributed by atoms with van der Waals surface area (Å²) >= 11 is 6.20. The minimum absolute atomic E-state index is 0.125. The Kier molecular flexibility index (Phi) is 4.04. The number of benzene rings is 1. The van der Waals surface area contributed by atoms with E-state index in [4.69, 9.17) is 16.0 Å². The highest BCUT2D eigenvalue weighted by molar-refractivity contribution is 6.32. The first-order chi connectivity index (χ1) is 12.5. The third-order valence-corrected chi connectivity index (χ3v) is 5.14. The van der Waals surface area contributed by atoms with E-state index in [1.165, 1.54) is 0 Å². The molecule has 4 rings (SSSR count). The molecule has 6 heteroatoms. The zero-order valence-corrected chi connectivity index (χ0v) is 15.2. The number of fused-ring (bicyclic) bond motifs is 2. The van der Waals surface area contributed by atoms with E-state index in [0.29, 0.717) is 28.1 Å². The molecule has 1 aromatic carbocycles. The quantitative estimate of drug-likeness (QED) is 0.698. The van der Waals surface area contributed by atoms with Crippen LogP contribution in [0.25, 0.3) is 11.0 Å². The van der Waals surface area contributed by atoms with Crippen LogP contribution in [0.2, 0.25) is 5.02 Å². The Labute approximate surface area is 155 Å². The zero-order valence-electron chi connectivity index (χ0n) is 14.5. The summed E-state index contributed by atoms with van der Waals surface area (Å²) in [7, 11) is 0. The van der Waals surface area contributed by atoms with Crippen molar-refractivity contribution >= 4 is 28.5 Å². The minimum atomic E-state index is -0.471. The molecule has 1 amide bonds. The van der Waals surface area contributed by atoms with E-state index in [1.54, 1.807) is 29.4 Å². The second kappa shape index (κ2) is 6.25. The lowest BCUT2D eigenvalue weighted by Crippen LogP contribution is -2.30. The standard InChI is InChI=1S/C20H17ClN2O3/c1-3-8-23-17(12-4-6-22-7-5-12)16-18(24)13-10-14(21)11(2)9-15(13)26-19(16)20(23)25/h4-7,9-10,17H,3,8H2,1-2H3. The SMILES string of the molecule is CCCN1C(=O)c2oc3cc(C)c(Cl)cc3c(=O)c2C1c1ccncc1. The smallest absolute Gasteiger partial charge is 0.290 e. The number of hydrogen-bond acceptors (Lipinski definition) is 4. The van der Waals surface area contributed by atoms with Crippen molar-refractivity contribution in [3.05, 3.63) is 74.4 Å². The second-order valence-electron chi connectivity index (χ2n) is 6.45. The van der Waals surface area contributed by atoms with Crippen molar-refractivity contribution in [2.75, 3.05) is 6.54 Å². The summed E-state index contributed by atoms with van der Waals surface area (Å²) in [6, 6.07) is 6.50. The van der Waals surface area contributed by atoms with Crippen molar-refractivity contribution in [1.82, 2.24) is 9.88 Å². The molecule has 0 saturated carbocycles. The number of aryl methyl sites for hydroxylation is 1. The number of amides is 1. The first-order valence-electron chi connectivity index (χ1n) is 8.50. The van der Waals surface area contributed by atoms with Crippen molar-refractivity contribution in [2.24, 2.45) is 0 Å². The maximum Gasteiger partial charge on any atom is 0.290 e. The van der Waals surface area contributed by atoms with Gasteiger partial charge in [0.15, 0.2) is 5.43 Å². The molecule has 3 aromatic rings. The average Bonchev–Trinajstić information content (AvgIpc) is 2.91. The van der Waals surface area contributed by atoms with Crippen LogP contribution in [-0.2, 0) is 0 Å². The molecule has 1 unspecified atom stereocenters. The van der Waals surface area contributed by atoms with Crippen molar-refractivity contribution in [3.8, 4) is 0 Å². The van der Waals surface area contributed by atoms with Gasteiger partial charge in [-0.3, -0.25) is 14.6 Å². The van der Waals surface area contributed by atoms with E-state index in [0.717, 1.165) is 17.5 Å². The predicted octanol–water partition coefficient (Wildman–Crippen LogP) is 4.11. The van der Waals surface area contributed by atoms with Crippen LogP contribution in [0, 0.1) is 6.92 Å². The minimum Gasteiger partial charge on any atom is -0.450 e. The number of aromatic nitrogens is 1. The highest BCUT2D eigenvalue weighted by atomic mass is 35.5. The predicted molar refractivity (Wildman–Crippen MR) is 99.6 cm³/mol. The molecule has 1 aliphatic rings. The van der Waals surface area contributed by atoms with Gasteiger partial charge < -0.3 is 9.32 Å². The molecule has 1 atom stereocenters. The summed E-state index contributed by atoms with van der Waals surface area (Å²) in [4.78, 5) is 31.9. The lowest BCUT2D eigenvalue weighted by molar-refractivity contribution is 0.0728. The highest BCUT2D eigenvalue weighted by Crippen LogP contribution is 2.38. The number of carbonyl (C=O) groups excluding carboxylic acids is 1. The van der Waals surface area contributed by atoms with E-state index >= 15 is 0 Å². The van der Waals surface area contributed by atoms with Crippen LogP contribution in [0.4, 0.5) is 0 Å². The van der Waals surface area contributed by atoms with Gasteiger partial charge in [0.25, 0.3) is 5.91 Å². The Morgan fingerprint density at radius 3 is 2.65 bits per heavy atom. The number of carbonyl (C=O) groups is 1. The first-order valence-corrected chi connectivity index (χ1v) is 8.88. The van der Waals surface area contributed by atoms with Crippen molar-refractivity contribution < 1.29 is 9.21 Å². The van der Waals surface area contributed by atoms with Crippen LogP contribution in [0.5, 0.6) is 0 Å². The topological polar surface area (TPSA) is 63.4 Å². The normalized spacial score (nSPS) is 16.3. The molecule has 5 nitrogen and oxygen atoms in total. The van der Waals surface area contributed by atoms with E-state index in [-0.39, 0.29) is 17.1 Å². The molecule has 1 aliphatic heterocycles. The number of halogens is 1. The van der Waals surface area contributed by atoms with Crippen LogP contribution in [0.1, 0.15) is 46.6 Å². The highest BCUT2D eigenvalue weighted by Gasteiger charge is 2.42. The van der Waals surface area contributed by atoms with Crippen LogP contribution < -0.4 is 5.43 Å². The molecule has 0 bridgehead atoms. The van der Waals surface area contributed by atoms with E-state index in [9.17, 15) is 9.59 Å². The molecule has 0 N–H and O–H groups in total. The molecular formula is C20H17ClN2O3. The number of pyridine rings is 1. The summed E-state index contributed by atoms with van der Waals surface area (Å²) in [5.41, 5.74) is 2.18. The largest absolute Gasteiger partial charge is 0.450 e. The van der Waals surface area contributed by atoms with E-state index in [2.05, 4.69) is 4.98 Å². The van der Waals surface area contributed by atoms with Gasteiger partial charge in [0, 0.05) is 24.0 Å². The number of rotatable bonds is 3. The number of nitrogens with zero attached hydrogens (tertiary/aromatic N) is 2. The van der Waals surface area contributed by atoms with Gasteiger partial charge in [0.1, 0.15) is 5.58 Å². The van der Waals surface area contributed by atoms with Gasteiger partial charge in [-0.25, -0.2) is 0 Å². The Balaban J connectivity index is 2.04. The molecule has 0 saturated heterocycles. The van der Waals surface area contributed by atoms with Crippen molar-refractivity contribution in [2.45, 2.75) is 26.3 Å². The molecular weight excluding hydrogens is 352 g/mol. The molecule has 0 fully saturated rings. The summed E-state index contributed by atoms with van der Waals surface area (Å²) in [5, 5.41) is 0.893. The fourth-order valence-corrected chi connectivity index (χ4v) is 3.67. The summed E-state index contributed by atoms with van der Waals surface area (Å²) in [6.45, 7) is 4.36. The first kappa shape index (κ1) is 16.8. The van der Waals surface area contributed by atoms with Crippen LogP contribution >= 0.6 is 11.6 Å². The lowest BCUT2D eigenvalue weighted by Gasteiger charge is -2.24. The van der Waals surface area contributed by atoms with Crippen molar-refractivity contribution in [1.29, 1.82) is 0 Å². The van der Waals surface area contributed by atoms with Crippen LogP contribution in [0.3, 0.4) is 0 Å². The molecule has 2 aromatic heterocycles. The Morgan fingerprint density at radius 1 is 1.23 bits per heavy atom. The van der Waals surface area contributed by atoms with Gasteiger partial charge in [0.2, 0.25) is 5.76 Å². The number of hydrogen-bond donors (Lipinski definition) is 0. The molecule has 132 valence electrons. The maximum atomic E-state index is 13.2.